The number of benzene rings is 1. The fraction of sp³-hybridized carbons (Fsp3) is 0.632. The predicted molar refractivity (Wildman–Crippen MR) is 120 cm³/mol. The number of nitrogens with one attached hydrogen (secondary N) is 2. The molecule has 0 spiro atoms. The summed E-state index contributed by atoms with van der Waals surface area (Å²) in [5.74, 6) is 2.30. The van der Waals surface area contributed by atoms with Gasteiger partial charge in [-0.25, -0.2) is 0 Å². The van der Waals surface area contributed by atoms with E-state index in [1.807, 2.05) is 25.2 Å². The van der Waals surface area contributed by atoms with Gasteiger partial charge < -0.3 is 25.2 Å². The highest BCUT2D eigenvalue weighted by atomic mass is 127. The molecule has 0 bridgehead atoms. The second-order valence-corrected chi connectivity index (χ2v) is 6.83. The van der Waals surface area contributed by atoms with E-state index in [-0.39, 0.29) is 24.0 Å². The van der Waals surface area contributed by atoms with Gasteiger partial charge in [0.25, 0.3) is 0 Å². The maximum absolute atomic E-state index is 5.39. The van der Waals surface area contributed by atoms with E-state index in [9.17, 15) is 0 Å². The van der Waals surface area contributed by atoms with E-state index in [1.54, 1.807) is 7.11 Å². The monoisotopic (exact) mass is 475 g/mol. The Kier molecular flexibility index (Phi) is 10.9. The molecule has 148 valence electrons. The summed E-state index contributed by atoms with van der Waals surface area (Å²) >= 11 is 0. The lowest BCUT2D eigenvalue weighted by molar-refractivity contribution is 0.139. The fourth-order valence-corrected chi connectivity index (χ4v) is 3.06. The zero-order valence-electron chi connectivity index (χ0n) is 16.5. The highest BCUT2D eigenvalue weighted by molar-refractivity contribution is 14.0. The summed E-state index contributed by atoms with van der Waals surface area (Å²) in [4.78, 5) is 9.27. The van der Waals surface area contributed by atoms with Crippen molar-refractivity contribution in [3.05, 3.63) is 29.8 Å². The van der Waals surface area contributed by atoms with Gasteiger partial charge in [0.2, 0.25) is 0 Å². The molecule has 1 atom stereocenters. The minimum absolute atomic E-state index is 0. The summed E-state index contributed by atoms with van der Waals surface area (Å²) in [5, 5.41) is 6.80. The SMILES string of the molecule is CN=C(NCc1ccccc1OC)NCC(C)CN1CCN(C)CC1.I. The number of hydrogen-bond donors (Lipinski definition) is 2. The lowest BCUT2D eigenvalue weighted by Crippen LogP contribution is -2.47. The highest BCUT2D eigenvalue weighted by Gasteiger charge is 2.16. The van der Waals surface area contributed by atoms with E-state index in [1.165, 1.54) is 26.2 Å². The van der Waals surface area contributed by atoms with Crippen molar-refractivity contribution in [3.8, 4) is 5.75 Å². The quantitative estimate of drug-likeness (QED) is 0.358. The molecule has 1 unspecified atom stereocenters. The number of hydrogen-bond acceptors (Lipinski definition) is 4. The number of piperazine rings is 1. The Morgan fingerprint density at radius 2 is 1.88 bits per heavy atom. The standard InChI is InChI=1S/C19H33N5O.HI/c1-16(15-24-11-9-23(3)10-12-24)13-21-19(20-2)22-14-17-7-5-6-8-18(17)25-4;/h5-8,16H,9-15H2,1-4H3,(H2,20,21,22);1H. The average Bonchev–Trinajstić information content (AvgIpc) is 2.64. The molecule has 2 N–H and O–H groups in total. The molecule has 1 aliphatic heterocycles. The average molecular weight is 475 g/mol. The first-order chi connectivity index (χ1) is 12.1. The highest BCUT2D eigenvalue weighted by Crippen LogP contribution is 2.16. The minimum atomic E-state index is 0. The number of ether oxygens (including phenoxy) is 1. The van der Waals surface area contributed by atoms with E-state index < -0.39 is 0 Å². The van der Waals surface area contributed by atoms with Crippen LogP contribution in [0.15, 0.2) is 29.3 Å². The molecule has 7 heteroatoms. The summed E-state index contributed by atoms with van der Waals surface area (Å²) in [6, 6.07) is 8.05. The zero-order chi connectivity index (χ0) is 18.1. The van der Waals surface area contributed by atoms with Crippen LogP contribution < -0.4 is 15.4 Å². The fourth-order valence-electron chi connectivity index (χ4n) is 3.06. The molecule has 0 radical (unpaired) electrons. The molecule has 0 amide bonds. The number of aliphatic imine (C=N–C) groups is 1. The van der Waals surface area contributed by atoms with Gasteiger partial charge in [0.1, 0.15) is 5.75 Å². The van der Waals surface area contributed by atoms with E-state index in [2.05, 4.69) is 45.5 Å². The van der Waals surface area contributed by atoms with E-state index >= 15 is 0 Å². The third kappa shape index (κ3) is 7.67. The third-order valence-corrected chi connectivity index (χ3v) is 4.65. The number of nitrogens with zero attached hydrogens (tertiary/aromatic N) is 3. The van der Waals surface area contributed by atoms with Crippen molar-refractivity contribution in [2.45, 2.75) is 13.5 Å². The predicted octanol–water partition coefficient (Wildman–Crippen LogP) is 1.86. The number of guanidine groups is 1. The number of para-hydroxylation sites is 1. The number of likely N-dealkylation sites (N-methyl/N-ethyl adjacent to an activating group) is 1. The van der Waals surface area contributed by atoms with Crippen LogP contribution in [-0.2, 0) is 6.54 Å². The van der Waals surface area contributed by atoms with Gasteiger partial charge in [0, 0.05) is 58.4 Å². The number of methoxy groups -OCH3 is 1. The van der Waals surface area contributed by atoms with Gasteiger partial charge in [-0.1, -0.05) is 25.1 Å². The lowest BCUT2D eigenvalue weighted by Gasteiger charge is -2.34. The normalized spacial score (nSPS) is 17.3. The van der Waals surface area contributed by atoms with Gasteiger partial charge in [0.05, 0.1) is 7.11 Å². The molecule has 0 aliphatic carbocycles. The second-order valence-electron chi connectivity index (χ2n) is 6.83. The maximum atomic E-state index is 5.39. The summed E-state index contributed by atoms with van der Waals surface area (Å²) in [6.07, 6.45) is 0. The minimum Gasteiger partial charge on any atom is -0.496 e. The van der Waals surface area contributed by atoms with Crippen LogP contribution >= 0.6 is 24.0 Å². The zero-order valence-corrected chi connectivity index (χ0v) is 18.8. The molecule has 1 heterocycles. The van der Waals surface area contributed by atoms with Crippen LogP contribution in [0.5, 0.6) is 5.75 Å². The van der Waals surface area contributed by atoms with Crippen molar-refractivity contribution in [1.82, 2.24) is 20.4 Å². The number of halogens is 1. The van der Waals surface area contributed by atoms with E-state index in [0.29, 0.717) is 12.5 Å². The van der Waals surface area contributed by atoms with Gasteiger partial charge in [-0.2, -0.15) is 0 Å². The molecule has 1 fully saturated rings. The Bertz CT molecular complexity index is 546. The first-order valence-electron chi connectivity index (χ1n) is 9.09. The Morgan fingerprint density at radius 3 is 2.54 bits per heavy atom. The Labute approximate surface area is 175 Å². The van der Waals surface area contributed by atoms with Crippen molar-refractivity contribution in [1.29, 1.82) is 0 Å². The van der Waals surface area contributed by atoms with Crippen LogP contribution in [0.2, 0.25) is 0 Å². The van der Waals surface area contributed by atoms with Crippen molar-refractivity contribution in [2.75, 3.05) is 60.5 Å². The third-order valence-electron chi connectivity index (χ3n) is 4.65. The molecule has 6 nitrogen and oxygen atoms in total. The molecular weight excluding hydrogens is 441 g/mol. The maximum Gasteiger partial charge on any atom is 0.191 e. The van der Waals surface area contributed by atoms with Crippen molar-refractivity contribution in [3.63, 3.8) is 0 Å². The molecule has 0 aromatic heterocycles. The molecule has 2 rings (SSSR count). The van der Waals surface area contributed by atoms with Crippen LogP contribution in [0, 0.1) is 5.92 Å². The molecule has 1 aromatic rings. The summed E-state index contributed by atoms with van der Waals surface area (Å²) in [6.45, 7) is 9.70. The van der Waals surface area contributed by atoms with Crippen molar-refractivity contribution in [2.24, 2.45) is 10.9 Å². The first kappa shape index (κ1) is 23.0. The Hall–Kier alpha value is -1.06. The molecular formula is C19H34IN5O. The van der Waals surface area contributed by atoms with Gasteiger partial charge in [-0.05, 0) is 19.0 Å². The van der Waals surface area contributed by atoms with E-state index in [4.69, 9.17) is 4.74 Å². The lowest BCUT2D eigenvalue weighted by atomic mass is 10.1. The van der Waals surface area contributed by atoms with Gasteiger partial charge in [-0.3, -0.25) is 4.99 Å². The molecule has 0 saturated carbocycles. The van der Waals surface area contributed by atoms with E-state index in [0.717, 1.165) is 30.4 Å². The Morgan fingerprint density at radius 1 is 1.19 bits per heavy atom. The topological polar surface area (TPSA) is 52.1 Å². The van der Waals surface area contributed by atoms with Crippen LogP contribution in [0.25, 0.3) is 0 Å². The van der Waals surface area contributed by atoms with Crippen LogP contribution in [0.3, 0.4) is 0 Å². The largest absolute Gasteiger partial charge is 0.496 e. The van der Waals surface area contributed by atoms with Crippen molar-refractivity contribution >= 4 is 29.9 Å². The number of rotatable bonds is 7. The summed E-state index contributed by atoms with van der Waals surface area (Å²) < 4.78 is 5.39. The molecule has 1 aromatic carbocycles. The van der Waals surface area contributed by atoms with Gasteiger partial charge in [0.15, 0.2) is 5.96 Å². The molecule has 26 heavy (non-hydrogen) atoms. The molecule has 1 saturated heterocycles. The Balaban J connectivity index is 0.00000338. The first-order valence-corrected chi connectivity index (χ1v) is 9.09. The van der Waals surface area contributed by atoms with Crippen molar-refractivity contribution < 1.29 is 4.74 Å². The second kappa shape index (κ2) is 12.3. The summed E-state index contributed by atoms with van der Waals surface area (Å²) in [5.41, 5.74) is 1.12. The van der Waals surface area contributed by atoms with Crippen LogP contribution in [-0.4, -0.2) is 76.2 Å². The van der Waals surface area contributed by atoms with Gasteiger partial charge >= 0.3 is 0 Å². The van der Waals surface area contributed by atoms with Crippen LogP contribution in [0.4, 0.5) is 0 Å². The molecule has 1 aliphatic rings. The van der Waals surface area contributed by atoms with Gasteiger partial charge in [-0.15, -0.1) is 24.0 Å². The summed E-state index contributed by atoms with van der Waals surface area (Å²) in [7, 11) is 5.70. The smallest absolute Gasteiger partial charge is 0.191 e. The van der Waals surface area contributed by atoms with Crippen LogP contribution in [0.1, 0.15) is 12.5 Å².